The van der Waals surface area contributed by atoms with Crippen LogP contribution in [0.5, 0.6) is 5.88 Å². The molecule has 1 saturated carbocycles. The second-order valence-corrected chi connectivity index (χ2v) is 8.72. The summed E-state index contributed by atoms with van der Waals surface area (Å²) >= 11 is 0. The molecule has 0 spiro atoms. The number of ether oxygens (including phenoxy) is 1. The lowest BCUT2D eigenvalue weighted by Gasteiger charge is -2.27. The van der Waals surface area contributed by atoms with Crippen molar-refractivity contribution in [3.05, 3.63) is 41.2 Å². The molecule has 1 aromatic carbocycles. The van der Waals surface area contributed by atoms with Crippen molar-refractivity contribution in [2.75, 3.05) is 11.9 Å². The van der Waals surface area contributed by atoms with Gasteiger partial charge in [0.05, 0.1) is 16.8 Å². The number of para-hydroxylation sites is 1. The lowest BCUT2D eigenvalue weighted by molar-refractivity contribution is -0.137. The Morgan fingerprint density at radius 3 is 2.58 bits per heavy atom. The summed E-state index contributed by atoms with van der Waals surface area (Å²) in [5, 5.41) is 5.12. The van der Waals surface area contributed by atoms with Gasteiger partial charge in [-0.15, -0.1) is 0 Å². The number of hydrogen-bond acceptors (Lipinski definition) is 5. The SMILES string of the molecule is CC1CCC(NC(=O)c2cc3[nH]c(Nc4c(F)cccc4C(F)(F)F)nc3nc2OCC(F)F)CC1. The molecule has 1 amide bonds. The Balaban J connectivity index is 1.66. The molecule has 1 fully saturated rings. The van der Waals surface area contributed by atoms with Crippen LogP contribution in [0.2, 0.25) is 0 Å². The molecular weight excluding hydrogens is 492 g/mol. The van der Waals surface area contributed by atoms with Gasteiger partial charge in [-0.3, -0.25) is 4.79 Å². The highest BCUT2D eigenvalue weighted by atomic mass is 19.4. The van der Waals surface area contributed by atoms with Gasteiger partial charge in [0.15, 0.2) is 12.3 Å². The Hall–Kier alpha value is -3.51. The third kappa shape index (κ3) is 5.82. The van der Waals surface area contributed by atoms with E-state index in [0.717, 1.165) is 37.8 Å². The summed E-state index contributed by atoms with van der Waals surface area (Å²) in [5.74, 6) is -1.91. The highest BCUT2D eigenvalue weighted by Crippen LogP contribution is 2.37. The van der Waals surface area contributed by atoms with E-state index >= 15 is 0 Å². The summed E-state index contributed by atoms with van der Waals surface area (Å²) < 4.78 is 84.8. The predicted molar refractivity (Wildman–Crippen MR) is 119 cm³/mol. The fraction of sp³-hybridized carbons (Fsp3) is 0.435. The second-order valence-electron chi connectivity index (χ2n) is 8.72. The molecule has 13 heteroatoms. The molecule has 0 unspecified atom stereocenters. The zero-order chi connectivity index (χ0) is 26.0. The van der Waals surface area contributed by atoms with Gasteiger partial charge in [-0.1, -0.05) is 13.0 Å². The number of benzene rings is 1. The lowest BCUT2D eigenvalue weighted by Crippen LogP contribution is -2.37. The van der Waals surface area contributed by atoms with Crippen LogP contribution in [0.1, 0.15) is 48.5 Å². The Kier molecular flexibility index (Phi) is 7.27. The maximum absolute atomic E-state index is 14.2. The van der Waals surface area contributed by atoms with Crippen molar-refractivity contribution in [2.24, 2.45) is 5.92 Å². The van der Waals surface area contributed by atoms with E-state index in [-0.39, 0.29) is 28.7 Å². The molecule has 4 rings (SSSR count). The van der Waals surface area contributed by atoms with Gasteiger partial charge in [0.1, 0.15) is 11.4 Å². The first kappa shape index (κ1) is 25.6. The fourth-order valence-corrected chi connectivity index (χ4v) is 4.07. The van der Waals surface area contributed by atoms with E-state index in [2.05, 4.69) is 32.5 Å². The van der Waals surface area contributed by atoms with Crippen LogP contribution < -0.4 is 15.4 Å². The van der Waals surface area contributed by atoms with Gasteiger partial charge in [-0.05, 0) is 49.8 Å². The van der Waals surface area contributed by atoms with Gasteiger partial charge < -0.3 is 20.4 Å². The molecule has 0 atom stereocenters. The van der Waals surface area contributed by atoms with Crippen LogP contribution in [0.3, 0.4) is 0 Å². The molecule has 194 valence electrons. The van der Waals surface area contributed by atoms with Gasteiger partial charge in [-0.25, -0.2) is 13.2 Å². The largest absolute Gasteiger partial charge is 0.471 e. The number of fused-ring (bicyclic) bond motifs is 1. The summed E-state index contributed by atoms with van der Waals surface area (Å²) in [7, 11) is 0. The van der Waals surface area contributed by atoms with Crippen LogP contribution in [-0.4, -0.2) is 39.9 Å². The number of imidazole rings is 1. The summed E-state index contributed by atoms with van der Waals surface area (Å²) in [6.07, 6.45) is -4.29. The summed E-state index contributed by atoms with van der Waals surface area (Å²) in [6.45, 7) is 1.09. The second kappa shape index (κ2) is 10.2. The number of halogens is 6. The standard InChI is InChI=1S/C23H23F6N5O2/c1-11-5-7-12(8-6-11)30-20(35)13-9-16-19(33-21(13)36-10-17(25)26)34-22(31-16)32-18-14(23(27,28)29)3-2-4-15(18)24/h2-4,9,11-12,17H,5-8,10H2,1H3,(H,30,35)(H2,31,32,33,34). The van der Waals surface area contributed by atoms with Crippen LogP contribution >= 0.6 is 0 Å². The number of carbonyl (C=O) groups is 1. The van der Waals surface area contributed by atoms with Crippen molar-refractivity contribution < 1.29 is 35.9 Å². The first-order chi connectivity index (χ1) is 17.0. The molecule has 0 saturated heterocycles. The maximum atomic E-state index is 14.2. The maximum Gasteiger partial charge on any atom is 0.418 e. The zero-order valence-corrected chi connectivity index (χ0v) is 19.1. The van der Waals surface area contributed by atoms with E-state index in [9.17, 15) is 31.1 Å². The Morgan fingerprint density at radius 1 is 1.19 bits per heavy atom. The first-order valence-electron chi connectivity index (χ1n) is 11.3. The van der Waals surface area contributed by atoms with Gasteiger partial charge in [0, 0.05) is 6.04 Å². The van der Waals surface area contributed by atoms with Crippen LogP contribution in [-0.2, 0) is 6.18 Å². The predicted octanol–water partition coefficient (Wildman–Crippen LogP) is 5.81. The number of aromatic amines is 1. The van der Waals surface area contributed by atoms with E-state index < -0.39 is 48.1 Å². The van der Waals surface area contributed by atoms with Gasteiger partial charge in [0.25, 0.3) is 12.3 Å². The quantitative estimate of drug-likeness (QED) is 0.346. The first-order valence-corrected chi connectivity index (χ1v) is 11.3. The number of pyridine rings is 1. The molecule has 1 aliphatic rings. The van der Waals surface area contributed by atoms with Crippen molar-refractivity contribution in [1.82, 2.24) is 20.3 Å². The van der Waals surface area contributed by atoms with Crippen LogP contribution in [0.4, 0.5) is 38.0 Å². The molecule has 0 radical (unpaired) electrons. The number of nitrogens with one attached hydrogen (secondary N) is 3. The third-order valence-electron chi connectivity index (χ3n) is 5.94. The van der Waals surface area contributed by atoms with Crippen molar-refractivity contribution in [1.29, 1.82) is 0 Å². The number of alkyl halides is 5. The van der Waals surface area contributed by atoms with Gasteiger partial charge in [0.2, 0.25) is 11.8 Å². The number of aromatic nitrogens is 3. The molecule has 3 aromatic rings. The molecule has 2 heterocycles. The number of carbonyl (C=O) groups excluding carboxylic acids is 1. The molecule has 7 nitrogen and oxygen atoms in total. The lowest BCUT2D eigenvalue weighted by atomic mass is 9.87. The number of anilines is 2. The van der Waals surface area contributed by atoms with Crippen molar-refractivity contribution >= 4 is 28.7 Å². The fourth-order valence-electron chi connectivity index (χ4n) is 4.07. The topological polar surface area (TPSA) is 91.9 Å². The Labute approximate surface area is 201 Å². The minimum Gasteiger partial charge on any atom is -0.471 e. The van der Waals surface area contributed by atoms with Crippen molar-refractivity contribution in [3.63, 3.8) is 0 Å². The molecule has 0 bridgehead atoms. The summed E-state index contributed by atoms with van der Waals surface area (Å²) in [5.41, 5.74) is -2.27. The Bertz CT molecular complexity index is 1240. The van der Waals surface area contributed by atoms with Crippen LogP contribution in [0.25, 0.3) is 11.2 Å². The smallest absolute Gasteiger partial charge is 0.418 e. The van der Waals surface area contributed by atoms with Crippen LogP contribution in [0, 0.1) is 11.7 Å². The Morgan fingerprint density at radius 2 is 1.92 bits per heavy atom. The summed E-state index contributed by atoms with van der Waals surface area (Å²) in [6, 6.07) is 3.63. The van der Waals surface area contributed by atoms with E-state index in [1.807, 2.05) is 0 Å². The number of amides is 1. The minimum absolute atomic E-state index is 0.104. The number of nitrogens with zero attached hydrogens (tertiary/aromatic N) is 2. The number of rotatable bonds is 7. The van der Waals surface area contributed by atoms with E-state index in [4.69, 9.17) is 4.74 Å². The zero-order valence-electron chi connectivity index (χ0n) is 19.1. The number of hydrogen-bond donors (Lipinski definition) is 3. The summed E-state index contributed by atoms with van der Waals surface area (Å²) in [4.78, 5) is 23.6. The average Bonchev–Trinajstić information content (AvgIpc) is 3.20. The molecule has 36 heavy (non-hydrogen) atoms. The molecule has 2 aromatic heterocycles. The van der Waals surface area contributed by atoms with Crippen molar-refractivity contribution in [2.45, 2.75) is 51.3 Å². The van der Waals surface area contributed by atoms with Gasteiger partial charge in [-0.2, -0.15) is 23.1 Å². The van der Waals surface area contributed by atoms with Crippen LogP contribution in [0.15, 0.2) is 24.3 Å². The molecule has 1 aliphatic carbocycles. The van der Waals surface area contributed by atoms with E-state index in [0.29, 0.717) is 12.0 Å². The third-order valence-corrected chi connectivity index (χ3v) is 5.94. The number of H-pyrrole nitrogens is 1. The van der Waals surface area contributed by atoms with Gasteiger partial charge >= 0.3 is 6.18 Å². The monoisotopic (exact) mass is 515 g/mol. The normalized spacial score (nSPS) is 18.4. The minimum atomic E-state index is -4.84. The highest BCUT2D eigenvalue weighted by Gasteiger charge is 2.35. The van der Waals surface area contributed by atoms with E-state index in [1.54, 1.807) is 0 Å². The van der Waals surface area contributed by atoms with E-state index in [1.165, 1.54) is 6.07 Å². The molecule has 0 aliphatic heterocycles. The highest BCUT2D eigenvalue weighted by molar-refractivity contribution is 5.99. The molecule has 3 N–H and O–H groups in total. The average molecular weight is 515 g/mol. The van der Waals surface area contributed by atoms with Crippen molar-refractivity contribution in [3.8, 4) is 5.88 Å². The molecular formula is C23H23F6N5O2.